The van der Waals surface area contributed by atoms with Crippen LogP contribution in [0.25, 0.3) is 0 Å². The third kappa shape index (κ3) is 7.83. The lowest BCUT2D eigenvalue weighted by molar-refractivity contribution is -0.188. The molecule has 0 aliphatic rings. The molecule has 134 valence electrons. The van der Waals surface area contributed by atoms with Gasteiger partial charge in [-0.3, -0.25) is 0 Å². The second-order valence-electron chi connectivity index (χ2n) is 5.75. The standard InChI is InChI=1S/C15H27NO7/c1-7-20-11(17)15(6,12(18)21-8-2)22-10-9-16-13(19)23-14(3,4)5/h7-10H2,1-6H3,(H,16,19). The summed E-state index contributed by atoms with van der Waals surface area (Å²) in [6, 6.07) is 0. The van der Waals surface area contributed by atoms with Crippen molar-refractivity contribution in [2.24, 2.45) is 0 Å². The number of carbonyl (C=O) groups excluding carboxylic acids is 3. The quantitative estimate of drug-likeness (QED) is 0.310. The Labute approximate surface area is 136 Å². The molecule has 0 rings (SSSR count). The van der Waals surface area contributed by atoms with Crippen LogP contribution < -0.4 is 5.32 Å². The summed E-state index contributed by atoms with van der Waals surface area (Å²) < 4.78 is 20.1. The van der Waals surface area contributed by atoms with Crippen LogP contribution in [0.1, 0.15) is 41.5 Å². The monoisotopic (exact) mass is 333 g/mol. The van der Waals surface area contributed by atoms with Gasteiger partial charge in [0.1, 0.15) is 5.60 Å². The van der Waals surface area contributed by atoms with E-state index in [0.717, 1.165) is 0 Å². The van der Waals surface area contributed by atoms with Gasteiger partial charge < -0.3 is 24.3 Å². The van der Waals surface area contributed by atoms with Gasteiger partial charge in [0, 0.05) is 6.54 Å². The van der Waals surface area contributed by atoms with E-state index < -0.39 is 29.2 Å². The Balaban J connectivity index is 4.54. The SMILES string of the molecule is CCOC(=O)C(C)(OCCNC(=O)OC(C)(C)C)C(=O)OCC. The van der Waals surface area contributed by atoms with E-state index in [1.807, 2.05) is 0 Å². The summed E-state index contributed by atoms with van der Waals surface area (Å²) >= 11 is 0. The maximum atomic E-state index is 11.9. The van der Waals surface area contributed by atoms with Gasteiger partial charge in [0.25, 0.3) is 5.60 Å². The lowest BCUT2D eigenvalue weighted by atomic mass is 10.1. The highest BCUT2D eigenvalue weighted by Gasteiger charge is 2.45. The van der Waals surface area contributed by atoms with Crippen LogP contribution in [0.3, 0.4) is 0 Å². The number of nitrogens with one attached hydrogen (secondary N) is 1. The predicted molar refractivity (Wildman–Crippen MR) is 81.9 cm³/mol. The Morgan fingerprint density at radius 1 is 0.913 bits per heavy atom. The number of hydrogen-bond acceptors (Lipinski definition) is 7. The molecule has 0 aliphatic heterocycles. The molecule has 0 radical (unpaired) electrons. The molecule has 0 heterocycles. The Kier molecular flexibility index (Phi) is 8.60. The second kappa shape index (κ2) is 9.34. The molecule has 0 fully saturated rings. The van der Waals surface area contributed by atoms with Gasteiger partial charge in [0.2, 0.25) is 0 Å². The topological polar surface area (TPSA) is 100 Å². The van der Waals surface area contributed by atoms with Gasteiger partial charge in [-0.2, -0.15) is 0 Å². The number of esters is 2. The van der Waals surface area contributed by atoms with Crippen molar-refractivity contribution in [1.82, 2.24) is 5.32 Å². The smallest absolute Gasteiger partial charge is 0.407 e. The van der Waals surface area contributed by atoms with Gasteiger partial charge in [0.15, 0.2) is 0 Å². The Morgan fingerprint density at radius 3 is 1.78 bits per heavy atom. The Hall–Kier alpha value is -1.83. The normalized spacial score (nSPS) is 11.6. The van der Waals surface area contributed by atoms with E-state index in [2.05, 4.69) is 5.32 Å². The van der Waals surface area contributed by atoms with Crippen molar-refractivity contribution < 1.29 is 33.3 Å². The number of alkyl carbamates (subject to hydrolysis) is 1. The number of carbonyl (C=O) groups is 3. The number of ether oxygens (including phenoxy) is 4. The average molecular weight is 333 g/mol. The molecule has 0 aliphatic carbocycles. The highest BCUT2D eigenvalue weighted by Crippen LogP contribution is 2.15. The van der Waals surface area contributed by atoms with E-state index in [9.17, 15) is 14.4 Å². The molecular weight excluding hydrogens is 306 g/mol. The largest absolute Gasteiger partial charge is 0.463 e. The molecule has 0 atom stereocenters. The van der Waals surface area contributed by atoms with Crippen LogP contribution in [0.2, 0.25) is 0 Å². The lowest BCUT2D eigenvalue weighted by Crippen LogP contribution is -2.49. The minimum atomic E-state index is -1.87. The molecule has 0 aromatic rings. The molecule has 0 aromatic heterocycles. The molecule has 1 N–H and O–H groups in total. The first kappa shape index (κ1) is 21.2. The summed E-state index contributed by atoms with van der Waals surface area (Å²) in [5.41, 5.74) is -2.49. The molecular formula is C15H27NO7. The minimum Gasteiger partial charge on any atom is -0.463 e. The fourth-order valence-electron chi connectivity index (χ4n) is 1.46. The summed E-state index contributed by atoms with van der Waals surface area (Å²) in [7, 11) is 0. The summed E-state index contributed by atoms with van der Waals surface area (Å²) in [4.78, 5) is 35.4. The van der Waals surface area contributed by atoms with E-state index in [-0.39, 0.29) is 26.4 Å². The predicted octanol–water partition coefficient (Wildman–Crippen LogP) is 1.41. The number of rotatable bonds is 8. The molecule has 1 amide bonds. The Bertz CT molecular complexity index is 397. The van der Waals surface area contributed by atoms with Crippen molar-refractivity contribution in [3.63, 3.8) is 0 Å². The zero-order valence-electron chi connectivity index (χ0n) is 14.7. The molecule has 0 aromatic carbocycles. The number of hydrogen-bond donors (Lipinski definition) is 1. The fourth-order valence-corrected chi connectivity index (χ4v) is 1.46. The van der Waals surface area contributed by atoms with Crippen molar-refractivity contribution >= 4 is 18.0 Å². The van der Waals surface area contributed by atoms with Crippen LogP contribution >= 0.6 is 0 Å². The van der Waals surface area contributed by atoms with Crippen molar-refractivity contribution in [3.05, 3.63) is 0 Å². The molecule has 0 saturated carbocycles. The van der Waals surface area contributed by atoms with E-state index in [1.54, 1.807) is 34.6 Å². The van der Waals surface area contributed by atoms with Crippen LogP contribution in [0.15, 0.2) is 0 Å². The summed E-state index contributed by atoms with van der Waals surface area (Å²) in [5, 5.41) is 2.46. The summed E-state index contributed by atoms with van der Waals surface area (Å²) in [6.45, 7) is 9.90. The zero-order valence-corrected chi connectivity index (χ0v) is 14.7. The molecule has 0 spiro atoms. The van der Waals surface area contributed by atoms with Gasteiger partial charge in [0.05, 0.1) is 19.8 Å². The maximum absolute atomic E-state index is 11.9. The zero-order chi connectivity index (χ0) is 18.1. The molecule has 0 unspecified atom stereocenters. The summed E-state index contributed by atoms with van der Waals surface area (Å²) in [6.07, 6.45) is -0.616. The summed E-state index contributed by atoms with van der Waals surface area (Å²) in [5.74, 6) is -1.67. The minimum absolute atomic E-state index is 0.0588. The average Bonchev–Trinajstić information content (AvgIpc) is 2.41. The van der Waals surface area contributed by atoms with Gasteiger partial charge >= 0.3 is 18.0 Å². The molecule has 23 heavy (non-hydrogen) atoms. The van der Waals surface area contributed by atoms with Crippen molar-refractivity contribution in [2.75, 3.05) is 26.4 Å². The van der Waals surface area contributed by atoms with E-state index in [4.69, 9.17) is 18.9 Å². The molecule has 0 bridgehead atoms. The van der Waals surface area contributed by atoms with Gasteiger partial charge in [-0.15, -0.1) is 0 Å². The van der Waals surface area contributed by atoms with Gasteiger partial charge in [-0.1, -0.05) is 0 Å². The van der Waals surface area contributed by atoms with E-state index >= 15 is 0 Å². The first-order chi connectivity index (χ1) is 10.6. The van der Waals surface area contributed by atoms with Crippen LogP contribution in [-0.2, 0) is 28.5 Å². The van der Waals surface area contributed by atoms with Crippen LogP contribution in [0, 0.1) is 0 Å². The van der Waals surface area contributed by atoms with Crippen LogP contribution in [0.4, 0.5) is 4.79 Å². The highest BCUT2D eigenvalue weighted by molar-refractivity contribution is 6.03. The molecule has 8 heteroatoms. The van der Waals surface area contributed by atoms with Crippen molar-refractivity contribution in [1.29, 1.82) is 0 Å². The van der Waals surface area contributed by atoms with Crippen LogP contribution in [-0.4, -0.2) is 55.6 Å². The van der Waals surface area contributed by atoms with Crippen molar-refractivity contribution in [3.8, 4) is 0 Å². The Morgan fingerprint density at radius 2 is 1.39 bits per heavy atom. The fraction of sp³-hybridized carbons (Fsp3) is 0.800. The highest BCUT2D eigenvalue weighted by atomic mass is 16.6. The maximum Gasteiger partial charge on any atom is 0.407 e. The third-order valence-electron chi connectivity index (χ3n) is 2.49. The molecule has 0 saturated heterocycles. The third-order valence-corrected chi connectivity index (χ3v) is 2.49. The number of amides is 1. The molecule has 8 nitrogen and oxygen atoms in total. The first-order valence-electron chi connectivity index (χ1n) is 7.52. The van der Waals surface area contributed by atoms with Gasteiger partial charge in [-0.05, 0) is 41.5 Å². The van der Waals surface area contributed by atoms with Crippen molar-refractivity contribution in [2.45, 2.75) is 52.7 Å². The van der Waals surface area contributed by atoms with Gasteiger partial charge in [-0.25, -0.2) is 14.4 Å². The van der Waals surface area contributed by atoms with Crippen LogP contribution in [0.5, 0.6) is 0 Å². The lowest BCUT2D eigenvalue weighted by Gasteiger charge is -2.25. The second-order valence-corrected chi connectivity index (χ2v) is 5.75. The van der Waals surface area contributed by atoms with E-state index in [0.29, 0.717) is 0 Å². The first-order valence-corrected chi connectivity index (χ1v) is 7.52. The van der Waals surface area contributed by atoms with E-state index in [1.165, 1.54) is 6.92 Å².